The minimum atomic E-state index is -2.98. The van der Waals surface area contributed by atoms with Crippen molar-refractivity contribution in [3.05, 3.63) is 0 Å². The molecule has 0 aromatic heterocycles. The Morgan fingerprint density at radius 2 is 1.05 bits per heavy atom. The number of sulfone groups is 2. The summed E-state index contributed by atoms with van der Waals surface area (Å²) in [6, 6.07) is -0.108. The zero-order chi connectivity index (χ0) is 15.8. The first kappa shape index (κ1) is 19.8. The van der Waals surface area contributed by atoms with Gasteiger partial charge in [0.25, 0.3) is 0 Å². The van der Waals surface area contributed by atoms with Gasteiger partial charge in [0.05, 0.1) is 11.5 Å². The van der Waals surface area contributed by atoms with Gasteiger partial charge in [0.15, 0.2) is 0 Å². The fourth-order valence-corrected chi connectivity index (χ4v) is 4.09. The summed E-state index contributed by atoms with van der Waals surface area (Å²) in [5.74, 6) is 0.258. The number of hydrogen-bond acceptors (Lipinski definition) is 6. The van der Waals surface area contributed by atoms with Crippen molar-refractivity contribution in [1.29, 1.82) is 0 Å². The van der Waals surface area contributed by atoms with E-state index in [9.17, 15) is 16.8 Å². The van der Waals surface area contributed by atoms with E-state index in [0.717, 1.165) is 12.8 Å². The maximum atomic E-state index is 11.2. The first-order valence-electron chi connectivity index (χ1n) is 6.89. The van der Waals surface area contributed by atoms with Gasteiger partial charge in [-0.3, -0.25) is 0 Å². The number of hydrogen-bond donors (Lipinski definition) is 2. The lowest BCUT2D eigenvalue weighted by Crippen LogP contribution is -2.42. The van der Waals surface area contributed by atoms with Gasteiger partial charge in [0, 0.05) is 37.7 Å². The average molecular weight is 329 g/mol. The fraction of sp³-hybridized carbons (Fsp3) is 1.00. The van der Waals surface area contributed by atoms with Gasteiger partial charge in [-0.05, 0) is 12.8 Å². The molecule has 0 aliphatic carbocycles. The van der Waals surface area contributed by atoms with Crippen LogP contribution in [-0.2, 0) is 19.7 Å². The summed E-state index contributed by atoms with van der Waals surface area (Å²) in [5, 5.41) is 6.35. The predicted molar refractivity (Wildman–Crippen MR) is 83.6 cm³/mol. The largest absolute Gasteiger partial charge is 0.312 e. The molecule has 20 heavy (non-hydrogen) atoms. The number of nitrogens with one attached hydrogen (secondary N) is 2. The summed E-state index contributed by atoms with van der Waals surface area (Å²) in [5.41, 5.74) is 0. The molecule has 0 saturated carbocycles. The molecule has 8 heteroatoms. The van der Waals surface area contributed by atoms with Gasteiger partial charge >= 0.3 is 0 Å². The van der Waals surface area contributed by atoms with E-state index in [1.54, 1.807) is 0 Å². The normalized spacial score (nSPS) is 16.0. The highest BCUT2D eigenvalue weighted by Gasteiger charge is 2.14. The summed E-state index contributed by atoms with van der Waals surface area (Å²) >= 11 is 0. The highest BCUT2D eigenvalue weighted by atomic mass is 32.2. The Morgan fingerprint density at radius 1 is 0.750 bits per heavy atom. The third-order valence-electron chi connectivity index (χ3n) is 2.98. The van der Waals surface area contributed by atoms with Gasteiger partial charge in [-0.1, -0.05) is 13.8 Å². The van der Waals surface area contributed by atoms with Crippen LogP contribution in [0.4, 0.5) is 0 Å². The Kier molecular flexibility index (Phi) is 8.88. The summed E-state index contributed by atoms with van der Waals surface area (Å²) < 4.78 is 44.9. The van der Waals surface area contributed by atoms with E-state index in [1.807, 2.05) is 13.8 Å². The zero-order valence-electron chi connectivity index (χ0n) is 12.8. The molecule has 6 nitrogen and oxygen atoms in total. The fourth-order valence-electron chi connectivity index (χ4n) is 1.93. The molecule has 0 heterocycles. The SMILES string of the molecule is CCC(CS(C)(=O)=O)NCCNC(CC)CS(C)(=O)=O. The van der Waals surface area contributed by atoms with E-state index in [-0.39, 0.29) is 23.6 Å². The molecule has 0 fully saturated rings. The summed E-state index contributed by atoms with van der Waals surface area (Å²) in [6.45, 7) is 5.12. The minimum absolute atomic E-state index is 0.0539. The minimum Gasteiger partial charge on any atom is -0.312 e. The third kappa shape index (κ3) is 11.6. The van der Waals surface area contributed by atoms with Crippen LogP contribution in [0.1, 0.15) is 26.7 Å². The highest BCUT2D eigenvalue weighted by molar-refractivity contribution is 7.90. The lowest BCUT2D eigenvalue weighted by Gasteiger charge is -2.19. The van der Waals surface area contributed by atoms with Gasteiger partial charge in [-0.25, -0.2) is 16.8 Å². The van der Waals surface area contributed by atoms with Crippen LogP contribution in [0, 0.1) is 0 Å². The molecule has 2 unspecified atom stereocenters. The Labute approximate surface area is 123 Å². The Hall–Kier alpha value is -0.180. The first-order valence-corrected chi connectivity index (χ1v) is 11.0. The zero-order valence-corrected chi connectivity index (χ0v) is 14.5. The van der Waals surface area contributed by atoms with E-state index in [4.69, 9.17) is 0 Å². The Morgan fingerprint density at radius 3 is 1.25 bits per heavy atom. The summed E-state index contributed by atoms with van der Waals surface area (Å²) in [4.78, 5) is 0. The van der Waals surface area contributed by atoms with Crippen LogP contribution in [0.5, 0.6) is 0 Å². The van der Waals surface area contributed by atoms with Crippen molar-refractivity contribution in [1.82, 2.24) is 10.6 Å². The van der Waals surface area contributed by atoms with Crippen molar-refractivity contribution in [2.24, 2.45) is 0 Å². The van der Waals surface area contributed by atoms with Crippen molar-refractivity contribution >= 4 is 19.7 Å². The van der Waals surface area contributed by atoms with Crippen molar-refractivity contribution < 1.29 is 16.8 Å². The van der Waals surface area contributed by atoms with Gasteiger partial charge in [0.1, 0.15) is 19.7 Å². The molecule has 0 amide bonds. The quantitative estimate of drug-likeness (QED) is 0.511. The second kappa shape index (κ2) is 8.96. The number of rotatable bonds is 11. The smallest absolute Gasteiger partial charge is 0.148 e. The monoisotopic (exact) mass is 328 g/mol. The van der Waals surface area contributed by atoms with Gasteiger partial charge in [0.2, 0.25) is 0 Å². The van der Waals surface area contributed by atoms with E-state index in [2.05, 4.69) is 10.6 Å². The lowest BCUT2D eigenvalue weighted by atomic mass is 10.2. The van der Waals surface area contributed by atoms with E-state index in [1.165, 1.54) is 12.5 Å². The van der Waals surface area contributed by atoms with Crippen LogP contribution in [0.15, 0.2) is 0 Å². The molecule has 0 aromatic rings. The molecule has 0 saturated heterocycles. The molecule has 122 valence electrons. The van der Waals surface area contributed by atoms with Crippen LogP contribution in [0.2, 0.25) is 0 Å². The van der Waals surface area contributed by atoms with Gasteiger partial charge < -0.3 is 10.6 Å². The van der Waals surface area contributed by atoms with Gasteiger partial charge in [-0.15, -0.1) is 0 Å². The van der Waals surface area contributed by atoms with Crippen LogP contribution in [0.25, 0.3) is 0 Å². The topological polar surface area (TPSA) is 92.3 Å². The molecule has 0 rings (SSSR count). The molecule has 2 atom stereocenters. The van der Waals surface area contributed by atoms with E-state index < -0.39 is 19.7 Å². The van der Waals surface area contributed by atoms with Crippen molar-refractivity contribution in [2.75, 3.05) is 37.1 Å². The maximum absolute atomic E-state index is 11.2. The molecular formula is C12H28N2O4S2. The van der Waals surface area contributed by atoms with Crippen LogP contribution in [0.3, 0.4) is 0 Å². The second-order valence-corrected chi connectivity index (χ2v) is 9.67. The Bertz CT molecular complexity index is 416. The summed E-state index contributed by atoms with van der Waals surface area (Å²) in [6.07, 6.45) is 3.95. The first-order chi connectivity index (χ1) is 9.07. The van der Waals surface area contributed by atoms with Crippen molar-refractivity contribution in [3.63, 3.8) is 0 Å². The molecule has 0 radical (unpaired) electrons. The summed E-state index contributed by atoms with van der Waals surface area (Å²) in [7, 11) is -5.96. The Balaban J connectivity index is 4.04. The predicted octanol–water partition coefficient (Wildman–Crippen LogP) is -0.188. The molecule has 0 aliphatic heterocycles. The van der Waals surface area contributed by atoms with Crippen LogP contribution in [-0.4, -0.2) is 66.0 Å². The van der Waals surface area contributed by atoms with Crippen LogP contribution < -0.4 is 10.6 Å². The average Bonchev–Trinajstić information content (AvgIpc) is 2.28. The van der Waals surface area contributed by atoms with Crippen molar-refractivity contribution in [3.8, 4) is 0 Å². The maximum Gasteiger partial charge on any atom is 0.148 e. The van der Waals surface area contributed by atoms with E-state index >= 15 is 0 Å². The van der Waals surface area contributed by atoms with Crippen molar-refractivity contribution in [2.45, 2.75) is 38.8 Å². The molecular weight excluding hydrogens is 300 g/mol. The lowest BCUT2D eigenvalue weighted by molar-refractivity contribution is 0.476. The molecule has 0 bridgehead atoms. The van der Waals surface area contributed by atoms with Crippen LogP contribution >= 0.6 is 0 Å². The molecule has 0 aliphatic rings. The molecule has 0 spiro atoms. The highest BCUT2D eigenvalue weighted by Crippen LogP contribution is 1.97. The molecule has 2 N–H and O–H groups in total. The molecule has 0 aromatic carbocycles. The standard InChI is InChI=1S/C12H28N2O4S2/c1-5-11(9-19(3,15)16)13-7-8-14-12(6-2)10-20(4,17)18/h11-14H,5-10H2,1-4H3. The third-order valence-corrected chi connectivity index (χ3v) is 5.00. The van der Waals surface area contributed by atoms with E-state index in [0.29, 0.717) is 13.1 Å². The second-order valence-electron chi connectivity index (χ2n) is 5.30. The van der Waals surface area contributed by atoms with Gasteiger partial charge in [-0.2, -0.15) is 0 Å².